The summed E-state index contributed by atoms with van der Waals surface area (Å²) in [6, 6.07) is 16.7. The van der Waals surface area contributed by atoms with Crippen LogP contribution in [0.3, 0.4) is 0 Å². The van der Waals surface area contributed by atoms with Crippen LogP contribution in [0.15, 0.2) is 52.9 Å². The van der Waals surface area contributed by atoms with E-state index in [2.05, 4.69) is 20.8 Å². The summed E-state index contributed by atoms with van der Waals surface area (Å²) in [6.45, 7) is 2.02. The lowest BCUT2D eigenvalue weighted by molar-refractivity contribution is -0.113. The maximum absolute atomic E-state index is 12.0. The van der Waals surface area contributed by atoms with Crippen molar-refractivity contribution in [1.82, 2.24) is 10.2 Å². The smallest absolute Gasteiger partial charge is 0.234 e. The monoisotopic (exact) mass is 381 g/mol. The molecule has 3 aromatic rings. The molecule has 3 rings (SSSR count). The number of nitrogens with zero attached hydrogens (tertiary/aromatic N) is 3. The van der Waals surface area contributed by atoms with Crippen LogP contribution < -0.4 is 10.6 Å². The van der Waals surface area contributed by atoms with E-state index in [1.54, 1.807) is 24.3 Å². The largest absolute Gasteiger partial charge is 0.330 e. The highest BCUT2D eigenvalue weighted by molar-refractivity contribution is 8.01. The lowest BCUT2D eigenvalue weighted by Gasteiger charge is -2.04. The van der Waals surface area contributed by atoms with Crippen LogP contribution in [0.1, 0.15) is 11.1 Å². The second kappa shape index (κ2) is 8.47. The molecule has 2 N–H and O–H groups in total. The first-order valence-corrected chi connectivity index (χ1v) is 9.53. The van der Waals surface area contributed by atoms with Gasteiger partial charge in [0.15, 0.2) is 4.34 Å². The molecule has 0 aliphatic carbocycles. The van der Waals surface area contributed by atoms with Gasteiger partial charge in [0, 0.05) is 11.4 Å². The van der Waals surface area contributed by atoms with E-state index in [1.165, 1.54) is 23.1 Å². The molecule has 0 bridgehead atoms. The Hall–Kier alpha value is -2.89. The van der Waals surface area contributed by atoms with Crippen molar-refractivity contribution in [2.45, 2.75) is 11.3 Å². The van der Waals surface area contributed by atoms with Gasteiger partial charge in [-0.3, -0.25) is 4.79 Å². The van der Waals surface area contributed by atoms with Crippen molar-refractivity contribution in [3.63, 3.8) is 0 Å². The molecule has 1 heterocycles. The number of benzene rings is 2. The summed E-state index contributed by atoms with van der Waals surface area (Å²) >= 11 is 2.73. The van der Waals surface area contributed by atoms with Crippen LogP contribution in [0, 0.1) is 18.3 Å². The van der Waals surface area contributed by atoms with Gasteiger partial charge in [0.25, 0.3) is 0 Å². The van der Waals surface area contributed by atoms with E-state index >= 15 is 0 Å². The predicted octanol–water partition coefficient (Wildman–Crippen LogP) is 4.19. The molecule has 0 atom stereocenters. The Bertz CT molecular complexity index is 947. The quantitative estimate of drug-likeness (QED) is 0.622. The maximum Gasteiger partial charge on any atom is 0.234 e. The molecule has 0 unspecified atom stereocenters. The first-order chi connectivity index (χ1) is 12.6. The minimum absolute atomic E-state index is 0.136. The minimum atomic E-state index is -0.136. The number of anilines is 3. The second-order valence-electron chi connectivity index (χ2n) is 5.34. The molecular formula is C18H15N5OS2. The van der Waals surface area contributed by atoms with Crippen LogP contribution in [0.5, 0.6) is 0 Å². The topological polar surface area (TPSA) is 90.7 Å². The Balaban J connectivity index is 1.52. The standard InChI is InChI=1S/C18H15N5OS2/c1-12-4-2-3-5-15(12)21-17-22-23-18(26-17)25-11-16(24)20-14-8-6-13(10-19)7-9-14/h2-9H,11H2,1H3,(H,20,24)(H,21,22). The third kappa shape index (κ3) is 4.81. The molecule has 1 amide bonds. The first-order valence-electron chi connectivity index (χ1n) is 7.73. The summed E-state index contributed by atoms with van der Waals surface area (Å²) in [5.41, 5.74) is 3.33. The highest BCUT2D eigenvalue weighted by Crippen LogP contribution is 2.28. The summed E-state index contributed by atoms with van der Waals surface area (Å²) in [5, 5.41) is 23.7. The Morgan fingerprint density at radius 1 is 1.19 bits per heavy atom. The summed E-state index contributed by atoms with van der Waals surface area (Å²) < 4.78 is 0.719. The fourth-order valence-electron chi connectivity index (χ4n) is 2.10. The number of carbonyl (C=O) groups excluding carboxylic acids is 1. The average molecular weight is 381 g/mol. The number of aryl methyl sites for hydroxylation is 1. The van der Waals surface area contributed by atoms with Crippen LogP contribution in [-0.2, 0) is 4.79 Å². The highest BCUT2D eigenvalue weighted by Gasteiger charge is 2.09. The van der Waals surface area contributed by atoms with Gasteiger partial charge in [-0.05, 0) is 42.8 Å². The number of nitriles is 1. The zero-order valence-corrected chi connectivity index (χ0v) is 15.5. The number of aromatic nitrogens is 2. The van der Waals surface area contributed by atoms with Crippen LogP contribution in [0.25, 0.3) is 0 Å². The van der Waals surface area contributed by atoms with Gasteiger partial charge in [0.05, 0.1) is 17.4 Å². The third-order valence-corrected chi connectivity index (χ3v) is 5.39. The lowest BCUT2D eigenvalue weighted by Crippen LogP contribution is -2.13. The molecule has 1 aromatic heterocycles. The van der Waals surface area contributed by atoms with Crippen LogP contribution in [0.4, 0.5) is 16.5 Å². The van der Waals surface area contributed by atoms with Crippen molar-refractivity contribution in [3.05, 3.63) is 59.7 Å². The van der Waals surface area contributed by atoms with Crippen molar-refractivity contribution in [1.29, 1.82) is 5.26 Å². The van der Waals surface area contributed by atoms with Crippen molar-refractivity contribution < 1.29 is 4.79 Å². The fourth-order valence-corrected chi connectivity index (χ4v) is 3.66. The molecule has 0 fully saturated rings. The zero-order valence-electron chi connectivity index (χ0n) is 13.9. The highest BCUT2D eigenvalue weighted by atomic mass is 32.2. The summed E-state index contributed by atoms with van der Waals surface area (Å²) in [5.74, 6) is 0.0993. The summed E-state index contributed by atoms with van der Waals surface area (Å²) in [6.07, 6.45) is 0. The molecule has 130 valence electrons. The predicted molar refractivity (Wildman–Crippen MR) is 105 cm³/mol. The SMILES string of the molecule is Cc1ccccc1Nc1nnc(SCC(=O)Nc2ccc(C#N)cc2)s1. The molecule has 0 saturated heterocycles. The number of hydrogen-bond donors (Lipinski definition) is 2. The van der Waals surface area contributed by atoms with Gasteiger partial charge in [0.1, 0.15) is 0 Å². The Labute approximate surface area is 159 Å². The minimum Gasteiger partial charge on any atom is -0.330 e. The molecule has 0 saturated carbocycles. The van der Waals surface area contributed by atoms with Gasteiger partial charge in [-0.25, -0.2) is 0 Å². The molecular weight excluding hydrogens is 366 g/mol. The van der Waals surface area contributed by atoms with E-state index in [9.17, 15) is 4.79 Å². The van der Waals surface area contributed by atoms with Crippen molar-refractivity contribution in [2.75, 3.05) is 16.4 Å². The number of carbonyl (C=O) groups is 1. The van der Waals surface area contributed by atoms with E-state index in [4.69, 9.17) is 5.26 Å². The van der Waals surface area contributed by atoms with Gasteiger partial charge in [-0.2, -0.15) is 5.26 Å². The number of para-hydroxylation sites is 1. The normalized spacial score (nSPS) is 10.2. The first kappa shape index (κ1) is 17.9. The van der Waals surface area contributed by atoms with Crippen molar-refractivity contribution in [2.24, 2.45) is 0 Å². The fraction of sp³-hybridized carbons (Fsp3) is 0.111. The number of rotatable bonds is 6. The maximum atomic E-state index is 12.0. The Morgan fingerprint density at radius 2 is 1.96 bits per heavy atom. The van der Waals surface area contributed by atoms with E-state index in [1.807, 2.05) is 37.3 Å². The van der Waals surface area contributed by atoms with Crippen LogP contribution >= 0.6 is 23.1 Å². The Morgan fingerprint density at radius 3 is 2.69 bits per heavy atom. The number of nitrogens with one attached hydrogen (secondary N) is 2. The molecule has 0 aliphatic heterocycles. The van der Waals surface area contributed by atoms with Gasteiger partial charge in [-0.1, -0.05) is 41.3 Å². The lowest BCUT2D eigenvalue weighted by atomic mass is 10.2. The molecule has 8 heteroatoms. The van der Waals surface area contributed by atoms with E-state index in [0.29, 0.717) is 16.4 Å². The molecule has 6 nitrogen and oxygen atoms in total. The van der Waals surface area contributed by atoms with Crippen molar-refractivity contribution >= 4 is 45.5 Å². The third-order valence-electron chi connectivity index (χ3n) is 3.42. The van der Waals surface area contributed by atoms with E-state index < -0.39 is 0 Å². The average Bonchev–Trinajstić information content (AvgIpc) is 3.10. The number of amides is 1. The van der Waals surface area contributed by atoms with Crippen molar-refractivity contribution in [3.8, 4) is 6.07 Å². The molecule has 26 heavy (non-hydrogen) atoms. The second-order valence-corrected chi connectivity index (χ2v) is 7.54. The summed E-state index contributed by atoms with van der Waals surface area (Å²) in [7, 11) is 0. The molecule has 0 aliphatic rings. The number of hydrogen-bond acceptors (Lipinski definition) is 7. The van der Waals surface area contributed by atoms with Gasteiger partial charge in [0.2, 0.25) is 11.0 Å². The van der Waals surface area contributed by atoms with Crippen LogP contribution in [0.2, 0.25) is 0 Å². The Kier molecular flexibility index (Phi) is 5.84. The van der Waals surface area contributed by atoms with Gasteiger partial charge < -0.3 is 10.6 Å². The van der Waals surface area contributed by atoms with Gasteiger partial charge >= 0.3 is 0 Å². The molecule has 0 radical (unpaired) electrons. The summed E-state index contributed by atoms with van der Waals surface area (Å²) in [4.78, 5) is 12.0. The molecule has 2 aromatic carbocycles. The zero-order chi connectivity index (χ0) is 18.4. The van der Waals surface area contributed by atoms with Gasteiger partial charge in [-0.15, -0.1) is 10.2 Å². The van der Waals surface area contributed by atoms with E-state index in [0.717, 1.165) is 15.6 Å². The molecule has 0 spiro atoms. The van der Waals surface area contributed by atoms with E-state index in [-0.39, 0.29) is 11.7 Å². The number of thioether (sulfide) groups is 1. The van der Waals surface area contributed by atoms with Crippen LogP contribution in [-0.4, -0.2) is 21.9 Å².